The highest BCUT2D eigenvalue weighted by molar-refractivity contribution is 6.84. The van der Waals surface area contributed by atoms with Crippen molar-refractivity contribution in [1.82, 2.24) is 0 Å². The third-order valence-electron chi connectivity index (χ3n) is 15.4. The van der Waals surface area contributed by atoms with Gasteiger partial charge in [0.05, 0.1) is 18.6 Å². The quantitative estimate of drug-likeness (QED) is 0.0239. The smallest absolute Gasteiger partial charge is 0.412 e. The molecule has 79 heavy (non-hydrogen) atoms. The molecular formula is C59H81F13O4Si3. The van der Waals surface area contributed by atoms with Crippen molar-refractivity contribution in [3.05, 3.63) is 120 Å². The Bertz CT molecular complexity index is 2360. The molecular weight excluding hydrogens is 1100 g/mol. The van der Waals surface area contributed by atoms with E-state index in [2.05, 4.69) is 72.6 Å². The van der Waals surface area contributed by atoms with Gasteiger partial charge in [0.2, 0.25) is 8.32 Å². The van der Waals surface area contributed by atoms with Gasteiger partial charge in [0.25, 0.3) is 0 Å². The summed E-state index contributed by atoms with van der Waals surface area (Å²) in [5.74, 6) is -37.1. The van der Waals surface area contributed by atoms with Gasteiger partial charge in [0.1, 0.15) is 19.8 Å². The Morgan fingerprint density at radius 2 is 0.937 bits per heavy atom. The van der Waals surface area contributed by atoms with Crippen LogP contribution in [0.5, 0.6) is 0 Å². The fraction of sp³-hybridized carbons (Fsp3) is 0.610. The highest BCUT2D eigenvalue weighted by atomic mass is 28.4. The molecule has 0 amide bonds. The van der Waals surface area contributed by atoms with Crippen LogP contribution in [0.4, 0.5) is 57.1 Å². The zero-order chi connectivity index (χ0) is 60.8. The number of carbonyl (C=O) groups excluding carboxylic acids is 1. The van der Waals surface area contributed by atoms with E-state index < -0.39 is 120 Å². The normalized spacial score (nSPS) is 16.2. The number of benzene rings is 3. The first kappa shape index (κ1) is 69.5. The molecule has 444 valence electrons. The van der Waals surface area contributed by atoms with E-state index in [0.29, 0.717) is 16.7 Å². The number of alkyl halides is 13. The largest absolute Gasteiger partial charge is 0.460 e. The van der Waals surface area contributed by atoms with Crippen molar-refractivity contribution in [2.45, 2.75) is 203 Å². The van der Waals surface area contributed by atoms with Crippen LogP contribution in [-0.4, -0.2) is 85.1 Å². The van der Waals surface area contributed by atoms with Gasteiger partial charge >= 0.3 is 35.8 Å². The van der Waals surface area contributed by atoms with Gasteiger partial charge in [-0.15, -0.1) is 5.54 Å². The van der Waals surface area contributed by atoms with Crippen LogP contribution >= 0.6 is 0 Å². The number of allylic oxidation sites excluding steroid dienone is 1. The molecule has 0 heterocycles. The molecule has 3 rings (SSSR count). The van der Waals surface area contributed by atoms with Gasteiger partial charge in [-0.1, -0.05) is 213 Å². The van der Waals surface area contributed by atoms with Gasteiger partial charge in [0.15, 0.2) is 14.1 Å². The van der Waals surface area contributed by atoms with Crippen molar-refractivity contribution >= 4 is 30.5 Å². The molecule has 0 fully saturated rings. The zero-order valence-corrected chi connectivity index (χ0v) is 51.3. The molecule has 0 radical (unpaired) electrons. The molecule has 0 aliphatic heterocycles. The number of halogens is 13. The van der Waals surface area contributed by atoms with Crippen LogP contribution in [-0.2, 0) is 24.0 Å². The Kier molecular flexibility index (Phi) is 23.1. The molecule has 0 spiro atoms. The number of ether oxygens (including phenoxy) is 1. The van der Waals surface area contributed by atoms with Crippen LogP contribution in [0.2, 0.25) is 53.4 Å². The van der Waals surface area contributed by atoms with E-state index in [9.17, 15) is 44.3 Å². The van der Waals surface area contributed by atoms with Crippen molar-refractivity contribution in [3.8, 4) is 11.5 Å². The van der Waals surface area contributed by atoms with Crippen molar-refractivity contribution in [1.29, 1.82) is 0 Å². The molecule has 0 bridgehead atoms. The molecule has 3 aromatic carbocycles. The lowest BCUT2D eigenvalue weighted by atomic mass is 9.80. The summed E-state index contributed by atoms with van der Waals surface area (Å²) in [5, 5.41) is 0. The SMILES string of the molecule is CC(C)[Si](CCC(F)(F)C(F)(F)C(F)(F)C(F)(F)C(F)(F)C(F)(F)F)(O[C@@H]([C@@H](C)/C=C/C(=O)[C@@H](C)[C@H](C#C[Si](C)(C)C)O[Si](C(C)C)(C(C)C)C(C)C)[C@@H](C)COC(c1ccccc1)(c1ccccc1)c1ccccc1)C(C)C. The third kappa shape index (κ3) is 14.5. The van der Waals surface area contributed by atoms with Crippen LogP contribution < -0.4 is 0 Å². The number of carbonyl (C=O) groups is 1. The first-order valence-corrected chi connectivity index (χ1v) is 34.8. The first-order valence-electron chi connectivity index (χ1n) is 26.9. The summed E-state index contributed by atoms with van der Waals surface area (Å²) in [6.07, 6.45) is -9.00. The van der Waals surface area contributed by atoms with Crippen molar-refractivity contribution in [2.75, 3.05) is 6.61 Å². The van der Waals surface area contributed by atoms with E-state index in [-0.39, 0.29) is 29.0 Å². The molecule has 0 N–H and O–H groups in total. The van der Waals surface area contributed by atoms with Crippen molar-refractivity contribution in [2.24, 2.45) is 17.8 Å². The molecule has 20 heteroatoms. The van der Waals surface area contributed by atoms with Gasteiger partial charge in [-0.3, -0.25) is 4.79 Å². The van der Waals surface area contributed by atoms with E-state index in [1.54, 1.807) is 26.8 Å². The molecule has 0 aliphatic carbocycles. The molecule has 5 atom stereocenters. The molecule has 0 unspecified atom stereocenters. The summed E-state index contributed by atoms with van der Waals surface area (Å²) in [4.78, 5) is 14.6. The molecule has 0 saturated heterocycles. The van der Waals surface area contributed by atoms with Gasteiger partial charge in [-0.2, -0.15) is 57.1 Å². The number of hydrogen-bond donors (Lipinski definition) is 0. The monoisotopic (exact) mass is 1180 g/mol. The lowest BCUT2D eigenvalue weighted by Gasteiger charge is -2.46. The second-order valence-corrected chi connectivity index (χ2v) is 38.8. The lowest BCUT2D eigenvalue weighted by Crippen LogP contribution is -2.70. The number of hydrogen-bond acceptors (Lipinski definition) is 4. The number of rotatable bonds is 28. The van der Waals surface area contributed by atoms with E-state index in [4.69, 9.17) is 13.6 Å². The van der Waals surface area contributed by atoms with Crippen LogP contribution in [0.3, 0.4) is 0 Å². The minimum absolute atomic E-state index is 0.140. The topological polar surface area (TPSA) is 44.8 Å². The summed E-state index contributed by atoms with van der Waals surface area (Å²) in [6.45, 7) is 29.7. The maximum atomic E-state index is 15.9. The van der Waals surface area contributed by atoms with Gasteiger partial charge in [-0.05, 0) is 62.4 Å². The summed E-state index contributed by atoms with van der Waals surface area (Å²) < 4.78 is 209. The highest BCUT2D eigenvalue weighted by Gasteiger charge is 2.90. The average molecular weight is 1190 g/mol. The molecule has 3 aromatic rings. The maximum absolute atomic E-state index is 15.9. The van der Waals surface area contributed by atoms with Crippen LogP contribution in [0.15, 0.2) is 103 Å². The third-order valence-corrected chi connectivity index (χ3v) is 28.0. The second-order valence-electron chi connectivity index (χ2n) is 23.7. The van der Waals surface area contributed by atoms with Crippen LogP contribution in [0, 0.1) is 29.2 Å². The van der Waals surface area contributed by atoms with Gasteiger partial charge in [-0.25, -0.2) is 0 Å². The molecule has 0 saturated carbocycles. The van der Waals surface area contributed by atoms with E-state index in [1.165, 1.54) is 33.8 Å². The van der Waals surface area contributed by atoms with E-state index in [1.807, 2.05) is 91.0 Å². The first-order chi connectivity index (χ1) is 36.0. The van der Waals surface area contributed by atoms with E-state index >= 15 is 17.6 Å². The summed E-state index contributed by atoms with van der Waals surface area (Å²) >= 11 is 0. The Morgan fingerprint density at radius 1 is 0.544 bits per heavy atom. The highest BCUT2D eigenvalue weighted by Crippen LogP contribution is 2.61. The second kappa shape index (κ2) is 26.2. The Hall–Kier alpha value is -3.75. The standard InChI is InChI=1S/C59H81F13O4Si3/c1-39(2)78(40(3)4,37-35-53(60,61)55(62,63)56(64,65)57(66,67)58(68,69)59(70,71)72)76-52(44(11)32-33-50(73)46(13)51(34-36-77(14,15)16)75-79(41(5)6,42(7)8)43(9)10)45(12)38-74-54(47-26-20-17-21-27-47,48-28-22-18-23-29-48)49-30-24-19-25-31-49/h17-33,39-46,51-52H,35,37-38H2,1-16H3/b33-32+/t44-,45-,46+,51-,52-/m0/s1. The predicted molar refractivity (Wildman–Crippen MR) is 295 cm³/mol. The van der Waals surface area contributed by atoms with Crippen LogP contribution in [0.1, 0.15) is 113 Å². The summed E-state index contributed by atoms with van der Waals surface area (Å²) in [6, 6.07) is 26.4. The minimum atomic E-state index is -8.02. The Balaban J connectivity index is 2.31. The molecule has 4 nitrogen and oxygen atoms in total. The van der Waals surface area contributed by atoms with E-state index in [0.717, 1.165) is 0 Å². The Labute approximate surface area is 463 Å². The number of ketones is 1. The van der Waals surface area contributed by atoms with Crippen LogP contribution in [0.25, 0.3) is 0 Å². The maximum Gasteiger partial charge on any atom is 0.460 e. The van der Waals surface area contributed by atoms with Gasteiger partial charge in [0, 0.05) is 12.3 Å². The fourth-order valence-corrected chi connectivity index (χ4v) is 21.7. The predicted octanol–water partition coefficient (Wildman–Crippen LogP) is 18.7. The fourth-order valence-electron chi connectivity index (χ4n) is 10.8. The lowest BCUT2D eigenvalue weighted by molar-refractivity contribution is -0.440. The zero-order valence-electron chi connectivity index (χ0n) is 48.3. The van der Waals surface area contributed by atoms with Crippen molar-refractivity contribution in [3.63, 3.8) is 0 Å². The van der Waals surface area contributed by atoms with Crippen molar-refractivity contribution < 1.29 is 75.5 Å². The van der Waals surface area contributed by atoms with Gasteiger partial charge < -0.3 is 13.6 Å². The summed E-state index contributed by atoms with van der Waals surface area (Å²) in [5.41, 5.74) is 2.87. The average Bonchev–Trinajstić information content (AvgIpc) is 3.40. The minimum Gasteiger partial charge on any atom is -0.412 e. The summed E-state index contributed by atoms with van der Waals surface area (Å²) in [7, 11) is -8.89. The Morgan fingerprint density at radius 3 is 1.29 bits per heavy atom. The molecule has 0 aliphatic rings. The molecule has 0 aromatic heterocycles.